The van der Waals surface area contributed by atoms with Crippen LogP contribution < -0.4 is 9.47 Å². The van der Waals surface area contributed by atoms with Crippen LogP contribution in [0.2, 0.25) is 0 Å². The van der Waals surface area contributed by atoms with Gasteiger partial charge in [0.15, 0.2) is 0 Å². The molecule has 0 bridgehead atoms. The van der Waals surface area contributed by atoms with E-state index in [1.54, 1.807) is 4.90 Å². The molecule has 0 aromatic heterocycles. The van der Waals surface area contributed by atoms with Crippen molar-refractivity contribution in [2.75, 3.05) is 19.8 Å². The molecule has 1 heterocycles. The zero-order valence-electron chi connectivity index (χ0n) is 15.1. The number of benzene rings is 2. The molecule has 3 rings (SSSR count). The first-order valence-electron chi connectivity index (χ1n) is 8.83. The number of para-hydroxylation sites is 1. The fourth-order valence-electron chi connectivity index (χ4n) is 2.54. The normalized spacial score (nSPS) is 15.4. The maximum Gasteiger partial charge on any atom is 0.266 e. The highest BCUT2D eigenvalue weighted by atomic mass is 32.2. The van der Waals surface area contributed by atoms with Crippen LogP contribution in [0.25, 0.3) is 6.08 Å². The van der Waals surface area contributed by atoms with E-state index in [1.165, 1.54) is 11.8 Å². The van der Waals surface area contributed by atoms with E-state index in [-0.39, 0.29) is 5.91 Å². The summed E-state index contributed by atoms with van der Waals surface area (Å²) in [6.45, 7) is 3.72. The molecule has 1 saturated heterocycles. The fourth-order valence-corrected chi connectivity index (χ4v) is 3.92. The molecule has 0 N–H and O–H groups in total. The second kappa shape index (κ2) is 9.58. The lowest BCUT2D eigenvalue weighted by Crippen LogP contribution is -2.27. The summed E-state index contributed by atoms with van der Waals surface area (Å²) in [5.41, 5.74) is 0.950. The van der Waals surface area contributed by atoms with Crippen LogP contribution in [0.5, 0.6) is 11.5 Å². The largest absolute Gasteiger partial charge is 0.493 e. The van der Waals surface area contributed by atoms with Gasteiger partial charge in [-0.2, -0.15) is 0 Å². The van der Waals surface area contributed by atoms with Gasteiger partial charge in [-0.05, 0) is 42.8 Å². The number of ether oxygens (including phenoxy) is 2. The summed E-state index contributed by atoms with van der Waals surface area (Å²) in [4.78, 5) is 14.5. The number of thiocarbonyl (C=S) groups is 1. The zero-order chi connectivity index (χ0) is 19.1. The Hall–Kier alpha value is -2.31. The highest BCUT2D eigenvalue weighted by molar-refractivity contribution is 8.26. The van der Waals surface area contributed by atoms with Crippen molar-refractivity contribution in [2.24, 2.45) is 0 Å². The molecular weight excluding hydrogens is 378 g/mol. The van der Waals surface area contributed by atoms with E-state index in [2.05, 4.69) is 0 Å². The highest BCUT2D eigenvalue weighted by Crippen LogP contribution is 2.32. The van der Waals surface area contributed by atoms with Gasteiger partial charge in [0.25, 0.3) is 5.91 Å². The predicted molar refractivity (Wildman–Crippen MR) is 114 cm³/mol. The molecule has 6 heteroatoms. The van der Waals surface area contributed by atoms with E-state index in [4.69, 9.17) is 21.7 Å². The van der Waals surface area contributed by atoms with Gasteiger partial charge < -0.3 is 9.47 Å². The summed E-state index contributed by atoms with van der Waals surface area (Å²) >= 11 is 6.57. The van der Waals surface area contributed by atoms with Gasteiger partial charge in [0, 0.05) is 13.0 Å². The summed E-state index contributed by atoms with van der Waals surface area (Å²) in [6, 6.07) is 17.4. The van der Waals surface area contributed by atoms with Crippen LogP contribution in [0, 0.1) is 0 Å². The first-order chi connectivity index (χ1) is 13.2. The zero-order valence-corrected chi connectivity index (χ0v) is 16.7. The average molecular weight is 400 g/mol. The molecule has 1 fully saturated rings. The third kappa shape index (κ3) is 5.34. The van der Waals surface area contributed by atoms with Crippen LogP contribution >= 0.6 is 24.0 Å². The Morgan fingerprint density at radius 2 is 1.63 bits per heavy atom. The van der Waals surface area contributed by atoms with Crippen molar-refractivity contribution in [3.8, 4) is 11.5 Å². The number of nitrogens with zero attached hydrogens (tertiary/aromatic N) is 1. The Labute approximate surface area is 169 Å². The van der Waals surface area contributed by atoms with Crippen LogP contribution in [0.1, 0.15) is 18.9 Å². The minimum Gasteiger partial charge on any atom is -0.493 e. The Bertz CT molecular complexity index is 819. The molecule has 0 aliphatic carbocycles. The molecule has 0 spiro atoms. The SMILES string of the molecule is CCN1C(=O)/C(=C/c2ccc(OCCCOc3ccccc3)cc2)SC1=S. The fraction of sp³-hybridized carbons (Fsp3) is 0.238. The minimum absolute atomic E-state index is 0.0220. The third-order valence-corrected chi connectivity index (χ3v) is 5.31. The maximum absolute atomic E-state index is 12.2. The van der Waals surface area contributed by atoms with Gasteiger partial charge in [-0.1, -0.05) is 54.3 Å². The first-order valence-corrected chi connectivity index (χ1v) is 10.1. The molecule has 1 aliphatic heterocycles. The van der Waals surface area contributed by atoms with Crippen molar-refractivity contribution in [2.45, 2.75) is 13.3 Å². The van der Waals surface area contributed by atoms with Gasteiger partial charge in [-0.15, -0.1) is 0 Å². The summed E-state index contributed by atoms with van der Waals surface area (Å²) in [5.74, 6) is 1.65. The van der Waals surface area contributed by atoms with Gasteiger partial charge in [-0.3, -0.25) is 9.69 Å². The summed E-state index contributed by atoms with van der Waals surface area (Å²) < 4.78 is 12.0. The van der Waals surface area contributed by atoms with Crippen molar-refractivity contribution in [1.29, 1.82) is 0 Å². The summed E-state index contributed by atoms with van der Waals surface area (Å²) in [7, 11) is 0. The molecule has 4 nitrogen and oxygen atoms in total. The van der Waals surface area contributed by atoms with Gasteiger partial charge in [0.1, 0.15) is 15.8 Å². The number of carbonyl (C=O) groups is 1. The molecule has 2 aromatic carbocycles. The van der Waals surface area contributed by atoms with E-state index in [9.17, 15) is 4.79 Å². The summed E-state index contributed by atoms with van der Waals surface area (Å²) in [5, 5.41) is 0. The molecule has 2 aromatic rings. The molecule has 0 unspecified atom stereocenters. The molecule has 0 saturated carbocycles. The van der Waals surface area contributed by atoms with E-state index in [1.807, 2.05) is 67.6 Å². The molecule has 0 radical (unpaired) electrons. The Morgan fingerprint density at radius 1 is 1.00 bits per heavy atom. The third-order valence-electron chi connectivity index (χ3n) is 3.94. The highest BCUT2D eigenvalue weighted by Gasteiger charge is 2.30. The van der Waals surface area contributed by atoms with Gasteiger partial charge >= 0.3 is 0 Å². The van der Waals surface area contributed by atoms with Crippen LogP contribution in [0.4, 0.5) is 0 Å². The van der Waals surface area contributed by atoms with E-state index in [0.717, 1.165) is 23.5 Å². The number of hydrogen-bond acceptors (Lipinski definition) is 5. The maximum atomic E-state index is 12.2. The summed E-state index contributed by atoms with van der Waals surface area (Å²) in [6.07, 6.45) is 2.67. The van der Waals surface area contributed by atoms with E-state index >= 15 is 0 Å². The van der Waals surface area contributed by atoms with Gasteiger partial charge in [0.2, 0.25) is 0 Å². The predicted octanol–water partition coefficient (Wildman–Crippen LogP) is 4.76. The molecule has 27 heavy (non-hydrogen) atoms. The van der Waals surface area contributed by atoms with Crippen LogP contribution in [0.15, 0.2) is 59.5 Å². The number of rotatable bonds is 8. The first kappa shape index (κ1) is 19.5. The molecule has 140 valence electrons. The number of amides is 1. The Balaban J connectivity index is 1.46. The van der Waals surface area contributed by atoms with Crippen LogP contribution in [0.3, 0.4) is 0 Å². The lowest BCUT2D eigenvalue weighted by Gasteiger charge is -2.09. The standard InChI is InChI=1S/C21H21NO3S2/c1-2-22-20(23)19(27-21(22)26)15-16-9-11-18(12-10-16)25-14-6-13-24-17-7-4-3-5-8-17/h3-5,7-12,15H,2,6,13-14H2,1H3/b19-15-. The van der Waals surface area contributed by atoms with Crippen molar-refractivity contribution < 1.29 is 14.3 Å². The monoisotopic (exact) mass is 399 g/mol. The topological polar surface area (TPSA) is 38.8 Å². The molecular formula is C21H21NO3S2. The second-order valence-electron chi connectivity index (χ2n) is 5.86. The van der Waals surface area contributed by atoms with E-state index in [0.29, 0.717) is 29.0 Å². The van der Waals surface area contributed by atoms with Gasteiger partial charge in [0.05, 0.1) is 18.1 Å². The number of hydrogen-bond donors (Lipinski definition) is 0. The van der Waals surface area contributed by atoms with Crippen LogP contribution in [-0.4, -0.2) is 34.9 Å². The molecule has 0 atom stereocenters. The van der Waals surface area contributed by atoms with Crippen molar-refractivity contribution in [3.63, 3.8) is 0 Å². The molecule has 1 amide bonds. The minimum atomic E-state index is -0.0220. The Morgan fingerprint density at radius 3 is 2.22 bits per heavy atom. The smallest absolute Gasteiger partial charge is 0.266 e. The Kier molecular flexibility index (Phi) is 6.90. The van der Waals surface area contributed by atoms with Crippen molar-refractivity contribution >= 4 is 40.3 Å². The number of carbonyl (C=O) groups excluding carboxylic acids is 1. The van der Waals surface area contributed by atoms with E-state index < -0.39 is 0 Å². The van der Waals surface area contributed by atoms with Gasteiger partial charge in [-0.25, -0.2) is 0 Å². The number of thioether (sulfide) groups is 1. The average Bonchev–Trinajstić information content (AvgIpc) is 2.96. The lowest BCUT2D eigenvalue weighted by atomic mass is 10.2. The van der Waals surface area contributed by atoms with Crippen LogP contribution in [-0.2, 0) is 4.79 Å². The van der Waals surface area contributed by atoms with Crippen molar-refractivity contribution in [1.82, 2.24) is 4.90 Å². The van der Waals surface area contributed by atoms with Crippen molar-refractivity contribution in [3.05, 3.63) is 65.1 Å². The quantitative estimate of drug-likeness (QED) is 0.364. The number of likely N-dealkylation sites (N-methyl/N-ethyl adjacent to an activating group) is 1. The lowest BCUT2D eigenvalue weighted by molar-refractivity contribution is -0.121. The second-order valence-corrected chi connectivity index (χ2v) is 7.53. The molecule has 1 aliphatic rings.